The smallest absolute Gasteiger partial charge is 0.410 e. The summed E-state index contributed by atoms with van der Waals surface area (Å²) in [4.78, 5) is 25.2. The van der Waals surface area contributed by atoms with Crippen LogP contribution in [0.2, 0.25) is 0 Å². The lowest BCUT2D eigenvalue weighted by molar-refractivity contribution is 0.0301. The molecule has 0 unspecified atom stereocenters. The van der Waals surface area contributed by atoms with Gasteiger partial charge in [0.2, 0.25) is 0 Å². The van der Waals surface area contributed by atoms with Gasteiger partial charge in [-0.1, -0.05) is 0 Å². The average Bonchev–Trinajstić information content (AvgIpc) is 2.75. The molecule has 1 atom stereocenters. The van der Waals surface area contributed by atoms with Crippen LogP contribution in [0.3, 0.4) is 0 Å². The molecule has 1 rings (SSSR count). The Hall–Kier alpha value is -2.25. The second-order valence-electron chi connectivity index (χ2n) is 6.87. The minimum atomic E-state index is -0.535. The molecule has 0 aliphatic rings. The van der Waals surface area contributed by atoms with Crippen LogP contribution in [0.4, 0.5) is 9.59 Å². The molecule has 1 aromatic rings. The summed E-state index contributed by atoms with van der Waals surface area (Å²) in [6.07, 6.45) is 1.47. The number of nitrogens with one attached hydrogen (secondary N) is 2. The average molecular weight is 339 g/mol. The molecule has 0 saturated heterocycles. The summed E-state index contributed by atoms with van der Waals surface area (Å²) in [7, 11) is 3.48. The number of aryl methyl sites for hydroxylation is 2. The molecule has 1 heterocycles. The first kappa shape index (κ1) is 19.8. The third-order valence-electron chi connectivity index (χ3n) is 3.30. The number of aromatic nitrogens is 2. The van der Waals surface area contributed by atoms with E-state index in [-0.39, 0.29) is 12.1 Å². The minimum absolute atomic E-state index is 0.151. The van der Waals surface area contributed by atoms with E-state index < -0.39 is 11.7 Å². The van der Waals surface area contributed by atoms with Gasteiger partial charge in [-0.3, -0.25) is 4.68 Å². The first-order valence-electron chi connectivity index (χ1n) is 7.98. The fourth-order valence-electron chi connectivity index (χ4n) is 2.14. The van der Waals surface area contributed by atoms with E-state index in [1.165, 1.54) is 4.90 Å². The van der Waals surface area contributed by atoms with Crippen LogP contribution in [0.5, 0.6) is 0 Å². The Bertz CT molecular complexity index is 577. The number of hydrogen-bond donors (Lipinski definition) is 2. The molecular weight excluding hydrogens is 310 g/mol. The van der Waals surface area contributed by atoms with E-state index in [0.29, 0.717) is 13.1 Å². The van der Waals surface area contributed by atoms with E-state index in [1.807, 2.05) is 47.9 Å². The van der Waals surface area contributed by atoms with Crippen molar-refractivity contribution in [2.75, 3.05) is 20.1 Å². The van der Waals surface area contributed by atoms with Gasteiger partial charge in [-0.25, -0.2) is 9.59 Å². The standard InChI is InChI=1S/C16H29N5O3/c1-11(13-10-21(7)19-12(13)2)18-14(22)17-8-9-20(6)15(23)24-16(3,4)5/h10-11H,8-9H2,1-7H3,(H2,17,18,22)/t11-/m1/s1. The summed E-state index contributed by atoms with van der Waals surface area (Å²) in [5.74, 6) is 0. The number of urea groups is 1. The van der Waals surface area contributed by atoms with Crippen molar-refractivity contribution >= 4 is 12.1 Å². The Morgan fingerprint density at radius 2 is 2.04 bits per heavy atom. The number of carbonyl (C=O) groups is 2. The maximum atomic E-state index is 11.9. The first-order valence-corrected chi connectivity index (χ1v) is 7.98. The number of hydrogen-bond acceptors (Lipinski definition) is 4. The van der Waals surface area contributed by atoms with Gasteiger partial charge in [0.1, 0.15) is 5.60 Å². The maximum absolute atomic E-state index is 11.9. The Labute approximate surface area is 143 Å². The van der Waals surface area contributed by atoms with E-state index in [2.05, 4.69) is 15.7 Å². The highest BCUT2D eigenvalue weighted by molar-refractivity contribution is 5.74. The van der Waals surface area contributed by atoms with Crippen molar-refractivity contribution in [2.24, 2.45) is 7.05 Å². The summed E-state index contributed by atoms with van der Waals surface area (Å²) < 4.78 is 6.96. The molecule has 24 heavy (non-hydrogen) atoms. The summed E-state index contributed by atoms with van der Waals surface area (Å²) in [5, 5.41) is 9.85. The second-order valence-corrected chi connectivity index (χ2v) is 6.87. The van der Waals surface area contributed by atoms with Crippen molar-refractivity contribution in [1.29, 1.82) is 0 Å². The quantitative estimate of drug-likeness (QED) is 0.858. The number of carbonyl (C=O) groups excluding carboxylic acids is 2. The van der Waals surface area contributed by atoms with E-state index in [1.54, 1.807) is 11.7 Å². The van der Waals surface area contributed by atoms with Gasteiger partial charge >= 0.3 is 12.1 Å². The van der Waals surface area contributed by atoms with Gasteiger partial charge in [-0.15, -0.1) is 0 Å². The molecule has 2 N–H and O–H groups in total. The summed E-state index contributed by atoms with van der Waals surface area (Å²) in [6, 6.07) is -0.439. The van der Waals surface area contributed by atoms with Gasteiger partial charge in [0.15, 0.2) is 0 Å². The van der Waals surface area contributed by atoms with Gasteiger partial charge in [0, 0.05) is 38.9 Å². The van der Waals surface area contributed by atoms with Crippen molar-refractivity contribution < 1.29 is 14.3 Å². The van der Waals surface area contributed by atoms with Crippen molar-refractivity contribution in [2.45, 2.75) is 46.3 Å². The molecule has 0 fully saturated rings. The van der Waals surface area contributed by atoms with Crippen LogP contribution in [0.1, 0.15) is 45.0 Å². The third-order valence-corrected chi connectivity index (χ3v) is 3.30. The zero-order chi connectivity index (χ0) is 18.5. The van der Waals surface area contributed by atoms with Crippen molar-refractivity contribution in [3.8, 4) is 0 Å². The molecule has 0 aliphatic heterocycles. The van der Waals surface area contributed by atoms with E-state index in [0.717, 1.165) is 11.3 Å². The Balaban J connectivity index is 2.36. The fraction of sp³-hybridized carbons (Fsp3) is 0.688. The van der Waals surface area contributed by atoms with Crippen LogP contribution in [-0.2, 0) is 11.8 Å². The van der Waals surface area contributed by atoms with Crippen LogP contribution in [-0.4, -0.2) is 52.5 Å². The SMILES string of the molecule is Cc1nn(C)cc1[C@@H](C)NC(=O)NCCN(C)C(=O)OC(C)(C)C. The van der Waals surface area contributed by atoms with E-state index in [4.69, 9.17) is 4.74 Å². The van der Waals surface area contributed by atoms with Gasteiger partial charge in [0.25, 0.3) is 0 Å². The van der Waals surface area contributed by atoms with Crippen LogP contribution in [0.15, 0.2) is 6.20 Å². The van der Waals surface area contributed by atoms with Gasteiger partial charge < -0.3 is 20.3 Å². The topological polar surface area (TPSA) is 88.5 Å². The van der Waals surface area contributed by atoms with Crippen molar-refractivity contribution in [1.82, 2.24) is 25.3 Å². The Kier molecular flexibility index (Phi) is 6.62. The normalized spacial score (nSPS) is 12.5. The molecule has 8 nitrogen and oxygen atoms in total. The molecule has 0 bridgehead atoms. The van der Waals surface area contributed by atoms with E-state index in [9.17, 15) is 9.59 Å². The van der Waals surface area contributed by atoms with Crippen LogP contribution in [0, 0.1) is 6.92 Å². The molecule has 0 radical (unpaired) electrons. The highest BCUT2D eigenvalue weighted by atomic mass is 16.6. The van der Waals surface area contributed by atoms with Crippen LogP contribution in [0.25, 0.3) is 0 Å². The predicted octanol–water partition coefficient (Wildman–Crippen LogP) is 1.96. The van der Waals surface area contributed by atoms with Gasteiger partial charge in [0.05, 0.1) is 11.7 Å². The summed E-state index contributed by atoms with van der Waals surface area (Å²) in [6.45, 7) is 9.94. The molecule has 0 saturated carbocycles. The predicted molar refractivity (Wildman–Crippen MR) is 91.8 cm³/mol. The summed E-state index contributed by atoms with van der Waals surface area (Å²) in [5.41, 5.74) is 1.32. The molecular formula is C16H29N5O3. The number of nitrogens with zero attached hydrogens (tertiary/aromatic N) is 3. The lowest BCUT2D eigenvalue weighted by atomic mass is 10.1. The monoisotopic (exact) mass is 339 g/mol. The minimum Gasteiger partial charge on any atom is -0.444 e. The zero-order valence-corrected chi connectivity index (χ0v) is 15.6. The lowest BCUT2D eigenvalue weighted by Crippen LogP contribution is -2.42. The van der Waals surface area contributed by atoms with Gasteiger partial charge in [-0.05, 0) is 34.6 Å². The zero-order valence-electron chi connectivity index (χ0n) is 15.6. The van der Waals surface area contributed by atoms with Crippen LogP contribution < -0.4 is 10.6 Å². The second kappa shape index (κ2) is 8.03. The Morgan fingerprint density at radius 3 is 2.54 bits per heavy atom. The largest absolute Gasteiger partial charge is 0.444 e. The number of rotatable bonds is 5. The fourth-order valence-corrected chi connectivity index (χ4v) is 2.14. The molecule has 0 aromatic carbocycles. The highest BCUT2D eigenvalue weighted by Gasteiger charge is 2.19. The van der Waals surface area contributed by atoms with Crippen LogP contribution >= 0.6 is 0 Å². The maximum Gasteiger partial charge on any atom is 0.410 e. The third kappa shape index (κ3) is 6.47. The number of ether oxygens (including phenoxy) is 1. The Morgan fingerprint density at radius 1 is 1.42 bits per heavy atom. The molecule has 136 valence electrons. The first-order chi connectivity index (χ1) is 11.0. The number of amides is 3. The van der Waals surface area contributed by atoms with Gasteiger partial charge in [-0.2, -0.15) is 5.10 Å². The highest BCUT2D eigenvalue weighted by Crippen LogP contribution is 2.15. The van der Waals surface area contributed by atoms with E-state index >= 15 is 0 Å². The number of likely N-dealkylation sites (N-methyl/N-ethyl adjacent to an activating group) is 1. The van der Waals surface area contributed by atoms with Crippen molar-refractivity contribution in [3.63, 3.8) is 0 Å². The molecule has 8 heteroatoms. The lowest BCUT2D eigenvalue weighted by Gasteiger charge is -2.24. The molecule has 0 aliphatic carbocycles. The molecule has 0 spiro atoms. The molecule has 1 aromatic heterocycles. The van der Waals surface area contributed by atoms with Crippen molar-refractivity contribution in [3.05, 3.63) is 17.5 Å². The molecule has 3 amide bonds. The summed E-state index contributed by atoms with van der Waals surface area (Å²) >= 11 is 0.